The van der Waals surface area contributed by atoms with Gasteiger partial charge in [-0.25, -0.2) is 4.79 Å². The van der Waals surface area contributed by atoms with E-state index in [4.69, 9.17) is 23.1 Å². The number of hydrogen-bond acceptors (Lipinski definition) is 12. The summed E-state index contributed by atoms with van der Waals surface area (Å²) in [6.07, 6.45) is -3.86. The van der Waals surface area contributed by atoms with Crippen LogP contribution in [0.4, 0.5) is 0 Å². The van der Waals surface area contributed by atoms with Crippen molar-refractivity contribution < 1.29 is 45.9 Å². The van der Waals surface area contributed by atoms with Crippen LogP contribution >= 0.6 is 0 Å². The van der Waals surface area contributed by atoms with Crippen LogP contribution in [0.3, 0.4) is 0 Å². The second-order valence-corrected chi connectivity index (χ2v) is 13.0. The predicted molar refractivity (Wildman–Crippen MR) is 157 cm³/mol. The maximum absolute atomic E-state index is 13.7. The minimum absolute atomic E-state index is 0.0319. The van der Waals surface area contributed by atoms with Crippen LogP contribution < -0.4 is 9.87 Å². The van der Waals surface area contributed by atoms with E-state index >= 15 is 0 Å². The Balaban J connectivity index is 2.03. The summed E-state index contributed by atoms with van der Waals surface area (Å²) in [5.74, 6) is -2.74. The van der Waals surface area contributed by atoms with Crippen LogP contribution in [-0.2, 0) is 43.4 Å². The summed E-state index contributed by atoms with van der Waals surface area (Å²) >= 11 is 0. The Labute approximate surface area is 256 Å². The second kappa shape index (κ2) is 13.9. The Bertz CT molecular complexity index is 1530. The van der Waals surface area contributed by atoms with Gasteiger partial charge in [0.1, 0.15) is 17.6 Å². The fraction of sp³-hybridized carbons (Fsp3) is 0.567. The van der Waals surface area contributed by atoms with Crippen molar-refractivity contribution in [1.29, 1.82) is 0 Å². The summed E-state index contributed by atoms with van der Waals surface area (Å²) in [7, 11) is -4.45. The molecule has 0 amide bonds. The molecule has 2 heterocycles. The molecule has 1 aromatic carbocycles. The topological polar surface area (TPSA) is 166 Å². The Morgan fingerprint density at radius 3 is 1.89 bits per heavy atom. The zero-order valence-corrected chi connectivity index (χ0v) is 27.2. The number of ether oxygens (including phenoxy) is 4. The number of rotatable bonds is 11. The van der Waals surface area contributed by atoms with Gasteiger partial charge in [0.2, 0.25) is 5.88 Å². The van der Waals surface area contributed by atoms with Crippen molar-refractivity contribution in [2.24, 2.45) is 0 Å². The Morgan fingerprint density at radius 2 is 1.43 bits per heavy atom. The molecule has 0 aliphatic carbocycles. The maximum Gasteiger partial charge on any atom is 0.353 e. The molecule has 14 heteroatoms. The average molecular weight is 637 g/mol. The van der Waals surface area contributed by atoms with E-state index in [0.29, 0.717) is 11.1 Å². The minimum Gasteiger partial charge on any atom is -0.463 e. The van der Waals surface area contributed by atoms with E-state index in [1.807, 2.05) is 53.7 Å². The zero-order valence-electron chi connectivity index (χ0n) is 26.4. The van der Waals surface area contributed by atoms with E-state index in [1.165, 1.54) is 6.92 Å². The molecule has 13 nitrogen and oxygen atoms in total. The van der Waals surface area contributed by atoms with Crippen LogP contribution in [-0.4, -0.2) is 60.8 Å². The van der Waals surface area contributed by atoms with Crippen LogP contribution in [0.15, 0.2) is 34.1 Å². The third-order valence-corrected chi connectivity index (χ3v) is 8.31. The maximum atomic E-state index is 13.7. The fourth-order valence-corrected chi connectivity index (χ4v) is 6.45. The molecule has 1 fully saturated rings. The molecule has 1 saturated heterocycles. The van der Waals surface area contributed by atoms with Crippen LogP contribution in [0, 0.1) is 0 Å². The van der Waals surface area contributed by atoms with Gasteiger partial charge in [-0.15, -0.1) is 0 Å². The van der Waals surface area contributed by atoms with Crippen LogP contribution in [0.25, 0.3) is 0 Å². The molecule has 44 heavy (non-hydrogen) atoms. The summed E-state index contributed by atoms with van der Waals surface area (Å²) in [4.78, 5) is 52.2. The van der Waals surface area contributed by atoms with Crippen molar-refractivity contribution in [3.05, 3.63) is 51.6 Å². The van der Waals surface area contributed by atoms with Crippen molar-refractivity contribution in [2.45, 2.75) is 110 Å². The molecule has 0 bridgehead atoms. The molecule has 0 radical (unpaired) electrons. The number of esters is 3. The van der Waals surface area contributed by atoms with Gasteiger partial charge < -0.3 is 23.1 Å². The zero-order chi connectivity index (χ0) is 33.1. The first kappa shape index (κ1) is 34.7. The quantitative estimate of drug-likeness (QED) is 0.200. The SMILES string of the molecule is CC(=O)OC[C@H]1O[C@@H](n2ccc(OS(=O)(=O)c3c(C(C)C)cc(C(C)C)cc3C(C)C)nc2=O)[C@H](OC(C)=O)[C@@H]1OC(C)=O. The molecule has 1 aliphatic rings. The smallest absolute Gasteiger partial charge is 0.353 e. The van der Waals surface area contributed by atoms with Gasteiger partial charge in [0.25, 0.3) is 0 Å². The first-order chi connectivity index (χ1) is 20.4. The van der Waals surface area contributed by atoms with Crippen molar-refractivity contribution >= 4 is 28.0 Å². The second-order valence-electron chi connectivity index (χ2n) is 11.5. The van der Waals surface area contributed by atoms with E-state index < -0.39 is 64.1 Å². The van der Waals surface area contributed by atoms with Gasteiger partial charge >= 0.3 is 33.7 Å². The molecular weight excluding hydrogens is 596 g/mol. The molecule has 0 spiro atoms. The number of carbonyl (C=O) groups is 3. The lowest BCUT2D eigenvalue weighted by molar-refractivity contribution is -0.166. The number of nitrogens with zero attached hydrogens (tertiary/aromatic N) is 2. The van der Waals surface area contributed by atoms with Crippen LogP contribution in [0.1, 0.15) is 103 Å². The van der Waals surface area contributed by atoms with Gasteiger partial charge in [-0.05, 0) is 34.4 Å². The van der Waals surface area contributed by atoms with Gasteiger partial charge in [-0.2, -0.15) is 13.4 Å². The highest BCUT2D eigenvalue weighted by atomic mass is 32.2. The molecule has 4 atom stereocenters. The van der Waals surface area contributed by atoms with Gasteiger partial charge in [-0.3, -0.25) is 19.0 Å². The third kappa shape index (κ3) is 8.03. The van der Waals surface area contributed by atoms with Crippen molar-refractivity contribution in [1.82, 2.24) is 9.55 Å². The summed E-state index contributed by atoms with van der Waals surface area (Å²) in [5.41, 5.74) is 1.17. The monoisotopic (exact) mass is 636 g/mol. The highest BCUT2D eigenvalue weighted by Gasteiger charge is 2.51. The van der Waals surface area contributed by atoms with E-state index in [9.17, 15) is 27.6 Å². The number of benzene rings is 1. The molecule has 1 aromatic heterocycles. The summed E-state index contributed by atoms with van der Waals surface area (Å²) < 4.78 is 55.4. The van der Waals surface area contributed by atoms with Gasteiger partial charge in [0.15, 0.2) is 18.4 Å². The lowest BCUT2D eigenvalue weighted by Crippen LogP contribution is -2.41. The highest BCUT2D eigenvalue weighted by Crippen LogP contribution is 2.37. The van der Waals surface area contributed by atoms with E-state index in [0.717, 1.165) is 36.2 Å². The highest BCUT2D eigenvalue weighted by molar-refractivity contribution is 7.87. The average Bonchev–Trinajstić information content (AvgIpc) is 3.21. The molecule has 0 N–H and O–H groups in total. The number of carbonyl (C=O) groups excluding carboxylic acids is 3. The number of hydrogen-bond donors (Lipinski definition) is 0. The number of aromatic nitrogens is 2. The van der Waals surface area contributed by atoms with Crippen molar-refractivity contribution in [2.75, 3.05) is 6.61 Å². The standard InChI is InChI=1S/C30H40N2O11S/c1-15(2)21-12-22(16(3)4)28(23(13-21)17(5)6)44(37,38)43-25-10-11-32(30(36)31-25)29-27(41-20(9)35)26(40-19(8)34)24(42-29)14-39-18(7)33/h10-13,15-17,24,26-27,29H,14H2,1-9H3/t24-,26-,27-,29-/m1/s1. The molecule has 0 unspecified atom stereocenters. The lowest BCUT2D eigenvalue weighted by atomic mass is 9.89. The molecule has 3 rings (SSSR count). The Morgan fingerprint density at radius 1 is 0.886 bits per heavy atom. The predicted octanol–water partition coefficient (Wildman–Crippen LogP) is 3.71. The van der Waals surface area contributed by atoms with E-state index in [-0.39, 0.29) is 29.3 Å². The minimum atomic E-state index is -4.45. The largest absolute Gasteiger partial charge is 0.463 e. The van der Waals surface area contributed by atoms with Gasteiger partial charge in [0, 0.05) is 33.0 Å². The molecular formula is C30H40N2O11S. The fourth-order valence-electron chi connectivity index (χ4n) is 4.89. The summed E-state index contributed by atoms with van der Waals surface area (Å²) in [6.45, 7) is 14.7. The Kier molecular flexibility index (Phi) is 11.0. The molecule has 0 saturated carbocycles. The van der Waals surface area contributed by atoms with Gasteiger partial charge in [0.05, 0.1) is 0 Å². The van der Waals surface area contributed by atoms with Crippen LogP contribution in [0.5, 0.6) is 5.88 Å². The first-order valence-corrected chi connectivity index (χ1v) is 15.7. The molecule has 242 valence electrons. The van der Waals surface area contributed by atoms with E-state index in [1.54, 1.807) is 0 Å². The van der Waals surface area contributed by atoms with Crippen molar-refractivity contribution in [3.8, 4) is 5.88 Å². The normalized spacial score (nSPS) is 20.2. The first-order valence-electron chi connectivity index (χ1n) is 14.3. The van der Waals surface area contributed by atoms with E-state index in [2.05, 4.69) is 4.98 Å². The van der Waals surface area contributed by atoms with Crippen molar-refractivity contribution in [3.63, 3.8) is 0 Å². The summed E-state index contributed by atoms with van der Waals surface area (Å²) in [6, 6.07) is 4.88. The molecule has 2 aromatic rings. The Hall–Kier alpha value is -3.78. The van der Waals surface area contributed by atoms with Gasteiger partial charge in [-0.1, -0.05) is 53.7 Å². The third-order valence-electron chi connectivity index (χ3n) is 6.94. The summed E-state index contributed by atoms with van der Waals surface area (Å²) in [5, 5.41) is 0. The molecule has 1 aliphatic heterocycles. The lowest BCUT2D eigenvalue weighted by Gasteiger charge is -2.24. The van der Waals surface area contributed by atoms with Crippen LogP contribution in [0.2, 0.25) is 0 Å².